The van der Waals surface area contributed by atoms with Gasteiger partial charge in [-0.05, 0) is 36.6 Å². The number of hydrogen-bond acceptors (Lipinski definition) is 9. The van der Waals surface area contributed by atoms with Gasteiger partial charge in [-0.25, -0.2) is 19.3 Å². The van der Waals surface area contributed by atoms with E-state index < -0.39 is 0 Å². The summed E-state index contributed by atoms with van der Waals surface area (Å²) >= 11 is 0. The first-order valence-electron chi connectivity index (χ1n) is 13.8. The SMILES string of the molecule is N#Cc1nccc(NC2CCN(Cc3ccc(-c4nc5n(c4-c4cnccc4F)COc4ccncc4-5)cc3)CC2)n1. The molecule has 0 atom stereocenters. The van der Waals surface area contributed by atoms with E-state index >= 15 is 4.39 Å². The summed E-state index contributed by atoms with van der Waals surface area (Å²) in [5, 5.41) is 12.5. The zero-order valence-corrected chi connectivity index (χ0v) is 22.6. The highest BCUT2D eigenvalue weighted by Gasteiger charge is 2.28. The summed E-state index contributed by atoms with van der Waals surface area (Å²) in [6, 6.07) is 15.5. The van der Waals surface area contributed by atoms with E-state index in [1.807, 2.05) is 28.8 Å². The monoisotopic (exact) mass is 559 g/mol. The van der Waals surface area contributed by atoms with E-state index in [-0.39, 0.29) is 18.4 Å². The quantitative estimate of drug-likeness (QED) is 0.310. The van der Waals surface area contributed by atoms with Gasteiger partial charge in [-0.3, -0.25) is 19.4 Å². The lowest BCUT2D eigenvalue weighted by molar-refractivity contribution is 0.211. The van der Waals surface area contributed by atoms with Gasteiger partial charge in [0.1, 0.15) is 29.3 Å². The summed E-state index contributed by atoms with van der Waals surface area (Å²) in [6.07, 6.45) is 9.93. The highest BCUT2D eigenvalue weighted by molar-refractivity contribution is 5.83. The van der Waals surface area contributed by atoms with Gasteiger partial charge in [0.15, 0.2) is 6.73 Å². The highest BCUT2D eigenvalue weighted by Crippen LogP contribution is 2.41. The lowest BCUT2D eigenvalue weighted by Crippen LogP contribution is -2.38. The average Bonchev–Trinajstić information content (AvgIpc) is 3.43. The number of ether oxygens (including phenoxy) is 1. The smallest absolute Gasteiger partial charge is 0.234 e. The van der Waals surface area contributed by atoms with E-state index in [2.05, 4.69) is 42.3 Å². The van der Waals surface area contributed by atoms with Crippen molar-refractivity contribution in [2.24, 2.45) is 0 Å². The molecule has 0 bridgehead atoms. The van der Waals surface area contributed by atoms with E-state index in [1.165, 1.54) is 24.0 Å². The molecule has 5 aromatic rings. The number of likely N-dealkylation sites (tertiary alicyclic amines) is 1. The van der Waals surface area contributed by atoms with Crippen LogP contribution >= 0.6 is 0 Å². The Morgan fingerprint density at radius 3 is 2.52 bits per heavy atom. The van der Waals surface area contributed by atoms with E-state index in [0.29, 0.717) is 40.4 Å². The number of nitriles is 1. The van der Waals surface area contributed by atoms with Crippen molar-refractivity contribution in [3.63, 3.8) is 0 Å². The molecular formula is C31H26FN9O. The fourth-order valence-electron chi connectivity index (χ4n) is 5.58. The minimum absolute atomic E-state index is 0.171. The van der Waals surface area contributed by atoms with Gasteiger partial charge in [0, 0.05) is 62.2 Å². The maximum atomic E-state index is 15.1. The van der Waals surface area contributed by atoms with Crippen LogP contribution in [0, 0.1) is 17.1 Å². The van der Waals surface area contributed by atoms with Crippen molar-refractivity contribution in [2.45, 2.75) is 32.2 Å². The molecule has 4 aromatic heterocycles. The van der Waals surface area contributed by atoms with Crippen molar-refractivity contribution < 1.29 is 9.13 Å². The Morgan fingerprint density at radius 1 is 0.952 bits per heavy atom. The van der Waals surface area contributed by atoms with Crippen LogP contribution in [-0.2, 0) is 13.3 Å². The zero-order valence-electron chi connectivity index (χ0n) is 22.6. The van der Waals surface area contributed by atoms with Crippen molar-refractivity contribution >= 4 is 5.82 Å². The van der Waals surface area contributed by atoms with Crippen molar-refractivity contribution in [1.82, 2.24) is 34.4 Å². The van der Waals surface area contributed by atoms with Crippen LogP contribution in [0.15, 0.2) is 73.4 Å². The molecule has 1 fully saturated rings. The van der Waals surface area contributed by atoms with Gasteiger partial charge < -0.3 is 10.1 Å². The molecule has 0 spiro atoms. The summed E-state index contributed by atoms with van der Waals surface area (Å²) < 4.78 is 22.9. The van der Waals surface area contributed by atoms with Crippen LogP contribution in [0.5, 0.6) is 5.75 Å². The number of piperidine rings is 1. The minimum atomic E-state index is -0.370. The summed E-state index contributed by atoms with van der Waals surface area (Å²) in [5.41, 5.74) is 4.50. The largest absolute Gasteiger partial charge is 0.472 e. The molecule has 0 amide bonds. The van der Waals surface area contributed by atoms with Gasteiger partial charge in [-0.1, -0.05) is 24.3 Å². The molecule has 208 valence electrons. The minimum Gasteiger partial charge on any atom is -0.472 e. The molecule has 42 heavy (non-hydrogen) atoms. The second-order valence-electron chi connectivity index (χ2n) is 10.3. The van der Waals surface area contributed by atoms with Crippen LogP contribution in [-0.4, -0.2) is 53.5 Å². The van der Waals surface area contributed by atoms with Crippen LogP contribution in [0.4, 0.5) is 10.2 Å². The number of nitrogens with one attached hydrogen (secondary N) is 1. The number of aromatic nitrogens is 6. The molecule has 1 saturated heterocycles. The van der Waals surface area contributed by atoms with Crippen molar-refractivity contribution in [2.75, 3.05) is 18.4 Å². The number of halogens is 1. The van der Waals surface area contributed by atoms with Crippen molar-refractivity contribution in [1.29, 1.82) is 5.26 Å². The Balaban J connectivity index is 1.10. The third-order valence-electron chi connectivity index (χ3n) is 7.69. The van der Waals surface area contributed by atoms with E-state index in [0.717, 1.165) is 43.6 Å². The molecule has 0 unspecified atom stereocenters. The van der Waals surface area contributed by atoms with Crippen LogP contribution in [0.1, 0.15) is 24.2 Å². The van der Waals surface area contributed by atoms with Gasteiger partial charge in [-0.2, -0.15) is 5.26 Å². The molecular weight excluding hydrogens is 533 g/mol. The molecule has 10 nitrogen and oxygen atoms in total. The number of fused-ring (bicyclic) bond motifs is 3. The maximum Gasteiger partial charge on any atom is 0.234 e. The molecule has 1 N–H and O–H groups in total. The number of pyridine rings is 2. The Bertz CT molecular complexity index is 1790. The lowest BCUT2D eigenvalue weighted by atomic mass is 10.0. The number of anilines is 1. The number of benzene rings is 1. The van der Waals surface area contributed by atoms with Gasteiger partial charge in [0.25, 0.3) is 0 Å². The second-order valence-corrected chi connectivity index (χ2v) is 10.3. The van der Waals surface area contributed by atoms with Crippen LogP contribution in [0.3, 0.4) is 0 Å². The fraction of sp³-hybridized carbons (Fsp3) is 0.226. The van der Waals surface area contributed by atoms with Gasteiger partial charge >= 0.3 is 0 Å². The number of imidazole rings is 1. The Labute approximate surface area is 241 Å². The summed E-state index contributed by atoms with van der Waals surface area (Å²) in [4.78, 5) is 24.0. The lowest BCUT2D eigenvalue weighted by Gasteiger charge is -2.32. The standard InChI is InChI=1S/C31H26FN9O/c32-25-5-10-34-16-23(25)30-29(39-31-24-17-35-11-6-26(24)42-19-41(30)31)21-3-1-20(2-4-21)18-40-13-8-22(9-14-40)37-27-7-12-36-28(15-33)38-27/h1-7,10-12,16-17,22H,8-9,13-14,18-19H2,(H,36,37,38). The molecule has 2 aliphatic heterocycles. The van der Waals surface area contributed by atoms with E-state index in [1.54, 1.807) is 24.7 Å². The number of rotatable bonds is 6. The molecule has 7 rings (SSSR count). The molecule has 0 saturated carbocycles. The van der Waals surface area contributed by atoms with Crippen LogP contribution in [0.2, 0.25) is 0 Å². The van der Waals surface area contributed by atoms with Crippen molar-refractivity contribution in [3.8, 4) is 45.7 Å². The van der Waals surface area contributed by atoms with E-state index in [9.17, 15) is 0 Å². The van der Waals surface area contributed by atoms with Gasteiger partial charge in [-0.15, -0.1) is 0 Å². The predicted octanol–water partition coefficient (Wildman–Crippen LogP) is 4.90. The molecule has 6 heterocycles. The fourth-order valence-corrected chi connectivity index (χ4v) is 5.58. The van der Waals surface area contributed by atoms with Crippen LogP contribution in [0.25, 0.3) is 33.9 Å². The van der Waals surface area contributed by atoms with Gasteiger partial charge in [0.05, 0.1) is 22.5 Å². The number of nitrogens with zero attached hydrogens (tertiary/aromatic N) is 8. The molecule has 2 aliphatic rings. The highest BCUT2D eigenvalue weighted by atomic mass is 19.1. The topological polar surface area (TPSA) is 118 Å². The zero-order chi connectivity index (χ0) is 28.5. The Kier molecular flexibility index (Phi) is 6.73. The number of hydrogen-bond donors (Lipinski definition) is 1. The van der Waals surface area contributed by atoms with E-state index in [4.69, 9.17) is 15.0 Å². The Hall–Kier alpha value is -5.21. The van der Waals surface area contributed by atoms with Crippen molar-refractivity contribution in [3.05, 3.63) is 90.7 Å². The summed E-state index contributed by atoms with van der Waals surface area (Å²) in [5.74, 6) is 1.87. The molecule has 0 radical (unpaired) electrons. The molecule has 1 aromatic carbocycles. The normalized spacial score (nSPS) is 14.9. The molecule has 11 heteroatoms. The Morgan fingerprint density at radius 2 is 1.74 bits per heavy atom. The third kappa shape index (κ3) is 4.93. The average molecular weight is 560 g/mol. The summed E-state index contributed by atoms with van der Waals surface area (Å²) in [6.45, 7) is 2.93. The van der Waals surface area contributed by atoms with Crippen LogP contribution < -0.4 is 10.1 Å². The summed E-state index contributed by atoms with van der Waals surface area (Å²) in [7, 11) is 0. The first-order chi connectivity index (χ1) is 20.7. The maximum absolute atomic E-state index is 15.1. The third-order valence-corrected chi connectivity index (χ3v) is 7.69. The first kappa shape index (κ1) is 25.7. The molecule has 0 aliphatic carbocycles. The second kappa shape index (κ2) is 11.0. The first-order valence-corrected chi connectivity index (χ1v) is 13.8. The van der Waals surface area contributed by atoms with Gasteiger partial charge in [0.2, 0.25) is 5.82 Å². The predicted molar refractivity (Wildman–Crippen MR) is 153 cm³/mol.